The zero-order valence-corrected chi connectivity index (χ0v) is 10.2. The number of fused-ring (bicyclic) bond motifs is 1. The second kappa shape index (κ2) is 4.45. The highest BCUT2D eigenvalue weighted by atomic mass is 16.5. The molecule has 2 rings (SSSR count). The molecule has 0 fully saturated rings. The van der Waals surface area contributed by atoms with Crippen LogP contribution in [0.4, 0.5) is 5.69 Å². The van der Waals surface area contributed by atoms with E-state index in [1.165, 1.54) is 0 Å². The maximum Gasteiger partial charge on any atom is 0.256 e. The summed E-state index contributed by atoms with van der Waals surface area (Å²) in [6, 6.07) is 5.59. The van der Waals surface area contributed by atoms with Gasteiger partial charge in [-0.05, 0) is 32.1 Å². The molecule has 0 radical (unpaired) electrons. The zero-order valence-electron chi connectivity index (χ0n) is 10.2. The van der Waals surface area contributed by atoms with Gasteiger partial charge in [0.05, 0.1) is 12.8 Å². The number of allylic oxidation sites excluding steroid dienone is 3. The van der Waals surface area contributed by atoms with Gasteiger partial charge in [-0.15, -0.1) is 0 Å². The molecule has 1 aliphatic heterocycles. The number of nitrogens with one attached hydrogen (secondary N) is 1. The van der Waals surface area contributed by atoms with Crippen LogP contribution < -0.4 is 10.1 Å². The Bertz CT molecular complexity index is 523. The molecule has 0 spiro atoms. The zero-order chi connectivity index (χ0) is 12.4. The molecule has 0 aromatic heterocycles. The van der Waals surface area contributed by atoms with E-state index in [2.05, 4.69) is 5.32 Å². The van der Waals surface area contributed by atoms with Gasteiger partial charge >= 0.3 is 0 Å². The molecule has 1 aliphatic rings. The van der Waals surface area contributed by atoms with Crippen LogP contribution in [0.2, 0.25) is 0 Å². The van der Waals surface area contributed by atoms with Crippen LogP contribution in [0.25, 0.3) is 5.57 Å². The van der Waals surface area contributed by atoms with Gasteiger partial charge in [0, 0.05) is 17.2 Å². The lowest BCUT2D eigenvalue weighted by Crippen LogP contribution is -2.03. The van der Waals surface area contributed by atoms with E-state index in [0.29, 0.717) is 5.57 Å². The first-order valence-electron chi connectivity index (χ1n) is 5.47. The van der Waals surface area contributed by atoms with Crippen LogP contribution >= 0.6 is 0 Å². The highest BCUT2D eigenvalue weighted by Crippen LogP contribution is 2.34. The number of carbonyl (C=O) groups is 1. The SMILES string of the molecule is COc1ccc2c(c1)NC(=O)/C2=C\C=C(C)C. The number of hydrogen-bond acceptors (Lipinski definition) is 2. The Morgan fingerprint density at radius 1 is 1.35 bits per heavy atom. The summed E-state index contributed by atoms with van der Waals surface area (Å²) in [5.74, 6) is 0.679. The summed E-state index contributed by atoms with van der Waals surface area (Å²) in [6.07, 6.45) is 3.79. The van der Waals surface area contributed by atoms with Gasteiger partial charge in [0.25, 0.3) is 5.91 Å². The molecule has 0 aliphatic carbocycles. The van der Waals surface area contributed by atoms with Gasteiger partial charge in [-0.2, -0.15) is 0 Å². The lowest BCUT2D eigenvalue weighted by atomic mass is 10.1. The van der Waals surface area contributed by atoms with Gasteiger partial charge in [-0.3, -0.25) is 4.79 Å². The molecule has 1 aromatic rings. The van der Waals surface area contributed by atoms with Crippen molar-refractivity contribution in [3.63, 3.8) is 0 Å². The predicted molar refractivity (Wildman–Crippen MR) is 69.0 cm³/mol. The molecular formula is C14H15NO2. The van der Waals surface area contributed by atoms with Crippen molar-refractivity contribution in [2.24, 2.45) is 0 Å². The molecule has 0 saturated heterocycles. The first-order chi connectivity index (χ1) is 8.11. The molecular weight excluding hydrogens is 214 g/mol. The fourth-order valence-corrected chi connectivity index (χ4v) is 1.72. The first-order valence-corrected chi connectivity index (χ1v) is 5.47. The standard InChI is InChI=1S/C14H15NO2/c1-9(2)4-6-12-11-7-5-10(17-3)8-13(11)15-14(12)16/h4-8H,1-3H3,(H,15,16)/b12-6-. The van der Waals surface area contributed by atoms with Crippen LogP contribution in [0.1, 0.15) is 19.4 Å². The summed E-state index contributed by atoms with van der Waals surface area (Å²) in [7, 11) is 1.61. The topological polar surface area (TPSA) is 38.3 Å². The average Bonchev–Trinajstić information content (AvgIpc) is 2.60. The summed E-state index contributed by atoms with van der Waals surface area (Å²) in [5, 5.41) is 2.83. The maximum absolute atomic E-state index is 11.8. The minimum atomic E-state index is -0.0641. The third-order valence-corrected chi connectivity index (χ3v) is 2.59. The second-order valence-corrected chi connectivity index (χ2v) is 4.19. The fraction of sp³-hybridized carbons (Fsp3) is 0.214. The molecule has 1 aromatic carbocycles. The van der Waals surface area contributed by atoms with E-state index in [1.54, 1.807) is 7.11 Å². The summed E-state index contributed by atoms with van der Waals surface area (Å²) in [6.45, 7) is 4.00. The summed E-state index contributed by atoms with van der Waals surface area (Å²) in [5.41, 5.74) is 3.59. The number of hydrogen-bond donors (Lipinski definition) is 1. The van der Waals surface area contributed by atoms with Crippen molar-refractivity contribution in [2.75, 3.05) is 12.4 Å². The van der Waals surface area contributed by atoms with Crippen LogP contribution in [-0.4, -0.2) is 13.0 Å². The largest absolute Gasteiger partial charge is 0.497 e. The highest BCUT2D eigenvalue weighted by Gasteiger charge is 2.23. The summed E-state index contributed by atoms with van der Waals surface area (Å²) in [4.78, 5) is 11.8. The number of anilines is 1. The number of rotatable bonds is 2. The second-order valence-electron chi connectivity index (χ2n) is 4.19. The molecule has 0 unspecified atom stereocenters. The van der Waals surface area contributed by atoms with Crippen LogP contribution in [0.5, 0.6) is 5.75 Å². The molecule has 88 valence electrons. The Labute approximate surface area is 101 Å². The normalized spacial score (nSPS) is 15.5. The third-order valence-electron chi connectivity index (χ3n) is 2.59. The summed E-state index contributed by atoms with van der Waals surface area (Å²) >= 11 is 0. The monoisotopic (exact) mass is 229 g/mol. The quantitative estimate of drug-likeness (QED) is 0.792. The lowest BCUT2D eigenvalue weighted by Gasteiger charge is -2.02. The van der Waals surface area contributed by atoms with Crippen molar-refractivity contribution in [2.45, 2.75) is 13.8 Å². The van der Waals surface area contributed by atoms with Gasteiger partial charge in [0.15, 0.2) is 0 Å². The molecule has 17 heavy (non-hydrogen) atoms. The molecule has 3 heteroatoms. The molecule has 1 heterocycles. The van der Waals surface area contributed by atoms with Crippen LogP contribution in [-0.2, 0) is 4.79 Å². The fourth-order valence-electron chi connectivity index (χ4n) is 1.72. The van der Waals surface area contributed by atoms with Crippen molar-refractivity contribution < 1.29 is 9.53 Å². The maximum atomic E-state index is 11.8. The number of carbonyl (C=O) groups excluding carboxylic acids is 1. The van der Waals surface area contributed by atoms with Crippen molar-refractivity contribution in [1.29, 1.82) is 0 Å². The lowest BCUT2D eigenvalue weighted by molar-refractivity contribution is -0.110. The van der Waals surface area contributed by atoms with Gasteiger partial charge in [-0.1, -0.05) is 11.6 Å². The Morgan fingerprint density at radius 2 is 2.12 bits per heavy atom. The molecule has 1 N–H and O–H groups in total. The Morgan fingerprint density at radius 3 is 2.76 bits per heavy atom. The van der Waals surface area contributed by atoms with E-state index in [0.717, 1.165) is 22.6 Å². The van der Waals surface area contributed by atoms with Crippen molar-refractivity contribution >= 4 is 17.2 Å². The van der Waals surface area contributed by atoms with E-state index in [1.807, 2.05) is 44.2 Å². The van der Waals surface area contributed by atoms with E-state index in [9.17, 15) is 4.79 Å². The Kier molecular flexibility index (Phi) is 3.00. The van der Waals surface area contributed by atoms with E-state index < -0.39 is 0 Å². The van der Waals surface area contributed by atoms with E-state index in [-0.39, 0.29) is 5.91 Å². The molecule has 0 bridgehead atoms. The Hall–Kier alpha value is -2.03. The smallest absolute Gasteiger partial charge is 0.256 e. The van der Waals surface area contributed by atoms with Gasteiger partial charge < -0.3 is 10.1 Å². The molecule has 1 amide bonds. The van der Waals surface area contributed by atoms with Gasteiger partial charge in [0.1, 0.15) is 5.75 Å². The first kappa shape index (κ1) is 11.5. The van der Waals surface area contributed by atoms with Gasteiger partial charge in [0.2, 0.25) is 0 Å². The minimum Gasteiger partial charge on any atom is -0.497 e. The number of ether oxygens (including phenoxy) is 1. The Balaban J connectivity index is 2.45. The number of amides is 1. The summed E-state index contributed by atoms with van der Waals surface area (Å²) < 4.78 is 5.13. The van der Waals surface area contributed by atoms with Crippen LogP contribution in [0, 0.1) is 0 Å². The molecule has 0 saturated carbocycles. The van der Waals surface area contributed by atoms with Crippen LogP contribution in [0.3, 0.4) is 0 Å². The third kappa shape index (κ3) is 2.23. The highest BCUT2D eigenvalue weighted by molar-refractivity contribution is 6.31. The van der Waals surface area contributed by atoms with Gasteiger partial charge in [-0.25, -0.2) is 0 Å². The minimum absolute atomic E-state index is 0.0641. The van der Waals surface area contributed by atoms with Crippen LogP contribution in [0.15, 0.2) is 35.9 Å². The van der Waals surface area contributed by atoms with Crippen molar-refractivity contribution in [3.05, 3.63) is 41.5 Å². The average molecular weight is 229 g/mol. The van der Waals surface area contributed by atoms with Crippen molar-refractivity contribution in [1.82, 2.24) is 0 Å². The predicted octanol–water partition coefficient (Wildman–Crippen LogP) is 3.00. The van der Waals surface area contributed by atoms with Crippen molar-refractivity contribution in [3.8, 4) is 5.75 Å². The number of methoxy groups -OCH3 is 1. The molecule has 0 atom stereocenters. The van der Waals surface area contributed by atoms with E-state index in [4.69, 9.17) is 4.74 Å². The number of benzene rings is 1. The van der Waals surface area contributed by atoms with E-state index >= 15 is 0 Å². The molecule has 3 nitrogen and oxygen atoms in total.